The van der Waals surface area contributed by atoms with Gasteiger partial charge < -0.3 is 5.32 Å². The number of benzene rings is 1. The third-order valence-electron chi connectivity index (χ3n) is 2.12. The standard InChI is InChI=1S/C11H10F2N2S/c12-9-2-1-8(11(13)3-9)4-14-5-10-6-16-7-15-10/h1-3,6-7,14H,4-5H2. The zero-order valence-corrected chi connectivity index (χ0v) is 9.23. The van der Waals surface area contributed by atoms with Gasteiger partial charge in [-0.15, -0.1) is 11.3 Å². The van der Waals surface area contributed by atoms with Gasteiger partial charge >= 0.3 is 0 Å². The molecule has 0 fully saturated rings. The second-order valence-corrected chi connectivity index (χ2v) is 4.04. The van der Waals surface area contributed by atoms with Crippen LogP contribution >= 0.6 is 11.3 Å². The molecule has 2 rings (SSSR count). The average Bonchev–Trinajstić information content (AvgIpc) is 2.74. The SMILES string of the molecule is Fc1ccc(CNCc2cscn2)c(F)c1. The summed E-state index contributed by atoms with van der Waals surface area (Å²) in [5.74, 6) is -1.08. The van der Waals surface area contributed by atoms with Crippen molar-refractivity contribution in [1.82, 2.24) is 10.3 Å². The van der Waals surface area contributed by atoms with Crippen LogP contribution in [-0.2, 0) is 13.1 Å². The smallest absolute Gasteiger partial charge is 0.130 e. The van der Waals surface area contributed by atoms with Gasteiger partial charge in [0, 0.05) is 30.1 Å². The average molecular weight is 240 g/mol. The highest BCUT2D eigenvalue weighted by molar-refractivity contribution is 7.07. The minimum absolute atomic E-state index is 0.365. The Bertz CT molecular complexity index is 457. The van der Waals surface area contributed by atoms with E-state index in [9.17, 15) is 8.78 Å². The number of halogens is 2. The summed E-state index contributed by atoms with van der Waals surface area (Å²) in [4.78, 5) is 4.09. The molecule has 0 amide bonds. The van der Waals surface area contributed by atoms with Crippen molar-refractivity contribution >= 4 is 11.3 Å². The highest BCUT2D eigenvalue weighted by Crippen LogP contribution is 2.09. The molecule has 1 N–H and O–H groups in total. The van der Waals surface area contributed by atoms with Crippen molar-refractivity contribution in [3.8, 4) is 0 Å². The molecule has 16 heavy (non-hydrogen) atoms. The number of hydrogen-bond acceptors (Lipinski definition) is 3. The largest absolute Gasteiger partial charge is 0.307 e. The summed E-state index contributed by atoms with van der Waals surface area (Å²) in [7, 11) is 0. The van der Waals surface area contributed by atoms with E-state index in [2.05, 4.69) is 10.3 Å². The quantitative estimate of drug-likeness (QED) is 0.888. The molecule has 1 aromatic heterocycles. The molecule has 0 radical (unpaired) electrons. The predicted octanol–water partition coefficient (Wildman–Crippen LogP) is 2.71. The summed E-state index contributed by atoms with van der Waals surface area (Å²) >= 11 is 1.52. The second-order valence-electron chi connectivity index (χ2n) is 3.32. The highest BCUT2D eigenvalue weighted by atomic mass is 32.1. The maximum Gasteiger partial charge on any atom is 0.130 e. The summed E-state index contributed by atoms with van der Waals surface area (Å²) in [6.45, 7) is 0.948. The first-order chi connectivity index (χ1) is 7.75. The third kappa shape index (κ3) is 2.84. The van der Waals surface area contributed by atoms with E-state index >= 15 is 0 Å². The van der Waals surface area contributed by atoms with Crippen LogP contribution in [0, 0.1) is 11.6 Å². The zero-order valence-electron chi connectivity index (χ0n) is 8.41. The highest BCUT2D eigenvalue weighted by Gasteiger charge is 2.03. The first-order valence-corrected chi connectivity index (χ1v) is 5.71. The fourth-order valence-corrected chi connectivity index (χ4v) is 1.87. The van der Waals surface area contributed by atoms with E-state index in [4.69, 9.17) is 0 Å². The first-order valence-electron chi connectivity index (χ1n) is 4.77. The molecule has 0 atom stereocenters. The maximum absolute atomic E-state index is 13.2. The number of nitrogens with one attached hydrogen (secondary N) is 1. The van der Waals surface area contributed by atoms with Crippen LogP contribution in [0.4, 0.5) is 8.78 Å². The van der Waals surface area contributed by atoms with E-state index in [1.54, 1.807) is 5.51 Å². The molecule has 0 spiro atoms. The number of hydrogen-bond donors (Lipinski definition) is 1. The second kappa shape index (κ2) is 5.14. The van der Waals surface area contributed by atoms with Gasteiger partial charge in [0.2, 0.25) is 0 Å². The molecule has 0 aliphatic heterocycles. The minimum Gasteiger partial charge on any atom is -0.307 e. The van der Waals surface area contributed by atoms with E-state index in [0.29, 0.717) is 18.7 Å². The number of thiazole rings is 1. The van der Waals surface area contributed by atoms with Gasteiger partial charge in [0.25, 0.3) is 0 Å². The molecule has 0 saturated carbocycles. The van der Waals surface area contributed by atoms with Crippen molar-refractivity contribution in [1.29, 1.82) is 0 Å². The predicted molar refractivity (Wildman–Crippen MR) is 59.0 cm³/mol. The van der Waals surface area contributed by atoms with Crippen LogP contribution in [0.3, 0.4) is 0 Å². The van der Waals surface area contributed by atoms with Crippen molar-refractivity contribution in [3.63, 3.8) is 0 Å². The Morgan fingerprint density at radius 3 is 2.81 bits per heavy atom. The van der Waals surface area contributed by atoms with Gasteiger partial charge in [0.15, 0.2) is 0 Å². The lowest BCUT2D eigenvalue weighted by atomic mass is 10.2. The first kappa shape index (κ1) is 11.2. The molecule has 0 aliphatic carbocycles. The number of aromatic nitrogens is 1. The van der Waals surface area contributed by atoms with Gasteiger partial charge in [0.05, 0.1) is 11.2 Å². The van der Waals surface area contributed by atoms with Crippen LogP contribution in [0.2, 0.25) is 0 Å². The molecule has 5 heteroatoms. The Morgan fingerprint density at radius 2 is 2.12 bits per heavy atom. The van der Waals surface area contributed by atoms with Crippen LogP contribution < -0.4 is 5.32 Å². The number of nitrogens with zero attached hydrogens (tertiary/aromatic N) is 1. The molecule has 0 unspecified atom stereocenters. The van der Waals surface area contributed by atoms with E-state index in [1.807, 2.05) is 5.38 Å². The van der Waals surface area contributed by atoms with Crippen molar-refractivity contribution in [2.24, 2.45) is 0 Å². The van der Waals surface area contributed by atoms with Crippen LogP contribution in [0.5, 0.6) is 0 Å². The fraction of sp³-hybridized carbons (Fsp3) is 0.182. The molecular weight excluding hydrogens is 230 g/mol. The van der Waals surface area contributed by atoms with Crippen molar-refractivity contribution < 1.29 is 8.78 Å². The van der Waals surface area contributed by atoms with E-state index in [1.165, 1.54) is 23.5 Å². The Balaban J connectivity index is 1.90. The van der Waals surface area contributed by atoms with Gasteiger partial charge in [0.1, 0.15) is 11.6 Å². The Kier molecular flexibility index (Phi) is 3.58. The third-order valence-corrected chi connectivity index (χ3v) is 2.76. The fourth-order valence-electron chi connectivity index (χ4n) is 1.32. The van der Waals surface area contributed by atoms with Crippen LogP contribution in [-0.4, -0.2) is 4.98 Å². The van der Waals surface area contributed by atoms with Crippen molar-refractivity contribution in [2.75, 3.05) is 0 Å². The van der Waals surface area contributed by atoms with Gasteiger partial charge in [-0.1, -0.05) is 6.07 Å². The molecule has 0 bridgehead atoms. The summed E-state index contributed by atoms with van der Waals surface area (Å²) in [5, 5.41) is 4.97. The summed E-state index contributed by atoms with van der Waals surface area (Å²) in [6, 6.07) is 3.58. The minimum atomic E-state index is -0.555. The van der Waals surface area contributed by atoms with Crippen molar-refractivity contribution in [3.05, 3.63) is 52.0 Å². The van der Waals surface area contributed by atoms with Gasteiger partial charge in [-0.25, -0.2) is 13.8 Å². The van der Waals surface area contributed by atoms with Crippen LogP contribution in [0.25, 0.3) is 0 Å². The molecule has 0 saturated heterocycles. The molecule has 1 heterocycles. The monoisotopic (exact) mass is 240 g/mol. The van der Waals surface area contributed by atoms with E-state index in [-0.39, 0.29) is 0 Å². The topological polar surface area (TPSA) is 24.9 Å². The van der Waals surface area contributed by atoms with Crippen molar-refractivity contribution in [2.45, 2.75) is 13.1 Å². The van der Waals surface area contributed by atoms with Gasteiger partial charge in [-0.2, -0.15) is 0 Å². The number of rotatable bonds is 4. The lowest BCUT2D eigenvalue weighted by Gasteiger charge is -2.04. The molecular formula is C11H10F2N2S. The molecule has 84 valence electrons. The Morgan fingerprint density at radius 1 is 1.25 bits per heavy atom. The summed E-state index contributed by atoms with van der Waals surface area (Å²) in [5.41, 5.74) is 3.12. The lowest BCUT2D eigenvalue weighted by molar-refractivity contribution is 0.559. The normalized spacial score (nSPS) is 10.6. The van der Waals surface area contributed by atoms with E-state index in [0.717, 1.165) is 11.8 Å². The maximum atomic E-state index is 13.2. The van der Waals surface area contributed by atoms with E-state index < -0.39 is 11.6 Å². The molecule has 0 aliphatic rings. The summed E-state index contributed by atoms with van der Waals surface area (Å²) < 4.78 is 25.8. The van der Waals surface area contributed by atoms with Crippen LogP contribution in [0.1, 0.15) is 11.3 Å². The summed E-state index contributed by atoms with van der Waals surface area (Å²) in [6.07, 6.45) is 0. The molecule has 2 aromatic rings. The Labute approximate surface area is 96.0 Å². The Hall–Kier alpha value is -1.33. The molecule has 2 nitrogen and oxygen atoms in total. The molecule has 1 aromatic carbocycles. The zero-order chi connectivity index (χ0) is 11.4. The van der Waals surface area contributed by atoms with Crippen LogP contribution in [0.15, 0.2) is 29.1 Å². The lowest BCUT2D eigenvalue weighted by Crippen LogP contribution is -2.13. The van der Waals surface area contributed by atoms with Gasteiger partial charge in [-0.05, 0) is 6.07 Å². The van der Waals surface area contributed by atoms with Gasteiger partial charge in [-0.3, -0.25) is 0 Å².